The second kappa shape index (κ2) is 5.17. The van der Waals surface area contributed by atoms with Crippen molar-refractivity contribution in [3.8, 4) is 0 Å². The molecule has 0 aliphatic carbocycles. The fourth-order valence-electron chi connectivity index (χ4n) is 1.06. The Balaban J connectivity index is 2.58. The number of aliphatic hydroxyl groups is 3. The highest BCUT2D eigenvalue weighted by Crippen LogP contribution is 2.03. The van der Waals surface area contributed by atoms with Crippen molar-refractivity contribution in [2.45, 2.75) is 12.1 Å². The largest absolute Gasteiger partial charge is 0.394 e. The molecule has 0 amide bonds. The molecule has 86 valence electrons. The van der Waals surface area contributed by atoms with Crippen LogP contribution in [0.5, 0.6) is 0 Å². The predicted molar refractivity (Wildman–Crippen MR) is 51.8 cm³/mol. The normalized spacial score (nSPS) is 12.0. The van der Waals surface area contributed by atoms with E-state index in [1.165, 1.54) is 6.33 Å². The Bertz CT molecular complexity index is 290. The fourth-order valence-corrected chi connectivity index (χ4v) is 1.06. The van der Waals surface area contributed by atoms with Gasteiger partial charge in [-0.3, -0.25) is 10.00 Å². The van der Waals surface area contributed by atoms with E-state index in [0.29, 0.717) is 12.4 Å². The summed E-state index contributed by atoms with van der Waals surface area (Å²) in [7, 11) is 1.74. The Labute approximate surface area is 87.4 Å². The fraction of sp³-hybridized carbons (Fsp3) is 0.750. The molecule has 0 fully saturated rings. The van der Waals surface area contributed by atoms with E-state index in [0.717, 1.165) is 0 Å². The van der Waals surface area contributed by atoms with Gasteiger partial charge in [0.25, 0.3) is 0 Å². The first-order valence-corrected chi connectivity index (χ1v) is 4.58. The van der Waals surface area contributed by atoms with Crippen molar-refractivity contribution in [3.05, 3.63) is 12.2 Å². The molecule has 0 aliphatic heterocycles. The number of rotatable bonds is 6. The van der Waals surface area contributed by atoms with Crippen LogP contribution in [-0.4, -0.2) is 55.4 Å². The van der Waals surface area contributed by atoms with Gasteiger partial charge in [-0.15, -0.1) is 0 Å². The van der Waals surface area contributed by atoms with Gasteiger partial charge in [0.05, 0.1) is 31.9 Å². The van der Waals surface area contributed by atoms with E-state index in [1.807, 2.05) is 0 Å². The van der Waals surface area contributed by atoms with Crippen LogP contribution in [0.25, 0.3) is 0 Å². The first kappa shape index (κ1) is 12.1. The average molecular weight is 216 g/mol. The Morgan fingerprint density at radius 1 is 1.33 bits per heavy atom. The molecular weight excluding hydrogens is 200 g/mol. The SMILES string of the molecule is Cn1ncnc1CNC(CO)(CO)CO. The van der Waals surface area contributed by atoms with E-state index in [1.54, 1.807) is 11.7 Å². The molecule has 7 nitrogen and oxygen atoms in total. The summed E-state index contributed by atoms with van der Waals surface area (Å²) in [5, 5.41) is 33.9. The topological polar surface area (TPSA) is 103 Å². The van der Waals surface area contributed by atoms with Gasteiger partial charge in [-0.05, 0) is 0 Å². The average Bonchev–Trinajstić information content (AvgIpc) is 2.67. The van der Waals surface area contributed by atoms with E-state index >= 15 is 0 Å². The molecule has 15 heavy (non-hydrogen) atoms. The Kier molecular flexibility index (Phi) is 4.15. The molecule has 0 bridgehead atoms. The van der Waals surface area contributed by atoms with Crippen molar-refractivity contribution in [2.24, 2.45) is 7.05 Å². The monoisotopic (exact) mass is 216 g/mol. The molecule has 0 aromatic carbocycles. The van der Waals surface area contributed by atoms with E-state index in [2.05, 4.69) is 15.4 Å². The number of nitrogens with zero attached hydrogens (tertiary/aromatic N) is 3. The summed E-state index contributed by atoms with van der Waals surface area (Å²) in [6, 6.07) is 0. The minimum atomic E-state index is -1.08. The molecule has 0 radical (unpaired) electrons. The minimum absolute atomic E-state index is 0.318. The van der Waals surface area contributed by atoms with Crippen molar-refractivity contribution >= 4 is 0 Å². The number of aliphatic hydroxyl groups excluding tert-OH is 3. The standard InChI is InChI=1S/C8H16N4O3/c1-12-7(9-6-11-12)2-10-8(3-13,4-14)5-15/h6,10,13-15H,2-5H2,1H3. The van der Waals surface area contributed by atoms with E-state index < -0.39 is 5.54 Å². The maximum absolute atomic E-state index is 9.05. The maximum Gasteiger partial charge on any atom is 0.140 e. The molecule has 0 saturated heterocycles. The zero-order chi connectivity index (χ0) is 11.3. The third-order valence-electron chi connectivity index (χ3n) is 2.33. The van der Waals surface area contributed by atoms with E-state index in [4.69, 9.17) is 15.3 Å². The molecule has 7 heteroatoms. The molecule has 1 aromatic rings. The van der Waals surface area contributed by atoms with Crippen LogP contribution in [0.1, 0.15) is 5.82 Å². The highest BCUT2D eigenvalue weighted by molar-refractivity contribution is 4.91. The third-order valence-corrected chi connectivity index (χ3v) is 2.33. The summed E-state index contributed by atoms with van der Waals surface area (Å²) in [6.07, 6.45) is 1.41. The smallest absolute Gasteiger partial charge is 0.140 e. The van der Waals surface area contributed by atoms with Crippen molar-refractivity contribution < 1.29 is 15.3 Å². The second-order valence-corrected chi connectivity index (χ2v) is 3.41. The summed E-state index contributed by atoms with van der Waals surface area (Å²) < 4.78 is 1.57. The van der Waals surface area contributed by atoms with Crippen LogP contribution < -0.4 is 5.32 Å². The molecule has 0 spiro atoms. The third kappa shape index (κ3) is 2.72. The lowest BCUT2D eigenvalue weighted by Gasteiger charge is -2.28. The first-order chi connectivity index (χ1) is 7.17. The second-order valence-electron chi connectivity index (χ2n) is 3.41. The Hall–Kier alpha value is -1.02. The van der Waals surface area contributed by atoms with Gasteiger partial charge in [0.15, 0.2) is 0 Å². The molecule has 0 aliphatic rings. The highest BCUT2D eigenvalue weighted by atomic mass is 16.3. The van der Waals surface area contributed by atoms with E-state index in [-0.39, 0.29) is 19.8 Å². The lowest BCUT2D eigenvalue weighted by atomic mass is 10.0. The van der Waals surface area contributed by atoms with Crippen LogP contribution >= 0.6 is 0 Å². The van der Waals surface area contributed by atoms with Gasteiger partial charge >= 0.3 is 0 Å². The predicted octanol–water partition coefficient (Wildman–Crippen LogP) is -2.38. The number of aromatic nitrogens is 3. The van der Waals surface area contributed by atoms with Crippen LogP contribution in [0.4, 0.5) is 0 Å². The molecule has 0 unspecified atom stereocenters. The Morgan fingerprint density at radius 2 is 1.93 bits per heavy atom. The molecule has 1 heterocycles. The molecule has 1 aromatic heterocycles. The maximum atomic E-state index is 9.05. The van der Waals surface area contributed by atoms with Gasteiger partial charge < -0.3 is 15.3 Å². The van der Waals surface area contributed by atoms with Gasteiger partial charge in [-0.25, -0.2) is 4.98 Å². The summed E-state index contributed by atoms with van der Waals surface area (Å²) in [5.41, 5.74) is -1.08. The van der Waals surface area contributed by atoms with Crippen molar-refractivity contribution in [1.29, 1.82) is 0 Å². The van der Waals surface area contributed by atoms with Gasteiger partial charge in [0.1, 0.15) is 12.2 Å². The van der Waals surface area contributed by atoms with E-state index in [9.17, 15) is 0 Å². The summed E-state index contributed by atoms with van der Waals surface area (Å²) >= 11 is 0. The highest BCUT2D eigenvalue weighted by Gasteiger charge is 2.27. The van der Waals surface area contributed by atoms with Crippen molar-refractivity contribution in [3.63, 3.8) is 0 Å². The molecule has 0 saturated carbocycles. The van der Waals surface area contributed by atoms with Crippen LogP contribution in [0.3, 0.4) is 0 Å². The number of hydrogen-bond donors (Lipinski definition) is 4. The summed E-state index contributed by atoms with van der Waals surface area (Å²) in [6.45, 7) is -0.730. The van der Waals surface area contributed by atoms with Crippen LogP contribution in [0, 0.1) is 0 Å². The zero-order valence-corrected chi connectivity index (χ0v) is 8.59. The van der Waals surface area contributed by atoms with Gasteiger partial charge in [0, 0.05) is 7.05 Å². The van der Waals surface area contributed by atoms with Gasteiger partial charge in [-0.2, -0.15) is 5.10 Å². The molecule has 1 rings (SSSR count). The van der Waals surface area contributed by atoms with Crippen LogP contribution in [-0.2, 0) is 13.6 Å². The zero-order valence-electron chi connectivity index (χ0n) is 8.59. The van der Waals surface area contributed by atoms with Crippen molar-refractivity contribution in [1.82, 2.24) is 20.1 Å². The van der Waals surface area contributed by atoms with Crippen LogP contribution in [0.2, 0.25) is 0 Å². The summed E-state index contributed by atoms with van der Waals surface area (Å²) in [4.78, 5) is 3.97. The lowest BCUT2D eigenvalue weighted by Crippen LogP contribution is -2.54. The first-order valence-electron chi connectivity index (χ1n) is 4.58. The lowest BCUT2D eigenvalue weighted by molar-refractivity contribution is 0.0407. The van der Waals surface area contributed by atoms with Gasteiger partial charge in [-0.1, -0.05) is 0 Å². The van der Waals surface area contributed by atoms with Crippen molar-refractivity contribution in [2.75, 3.05) is 19.8 Å². The molecule has 0 atom stereocenters. The number of aryl methyl sites for hydroxylation is 1. The number of nitrogens with one attached hydrogen (secondary N) is 1. The van der Waals surface area contributed by atoms with Gasteiger partial charge in [0.2, 0.25) is 0 Å². The Morgan fingerprint density at radius 3 is 2.33 bits per heavy atom. The summed E-state index contributed by atoms with van der Waals surface area (Å²) in [5.74, 6) is 0.662. The van der Waals surface area contributed by atoms with Crippen LogP contribution in [0.15, 0.2) is 6.33 Å². The molecule has 4 N–H and O–H groups in total. The number of hydrogen-bond acceptors (Lipinski definition) is 6. The minimum Gasteiger partial charge on any atom is -0.394 e. The quantitative estimate of drug-likeness (QED) is 0.423. The molecular formula is C8H16N4O3.